The van der Waals surface area contributed by atoms with Gasteiger partial charge in [0.15, 0.2) is 0 Å². The normalized spacial score (nSPS) is 18.5. The third-order valence-electron chi connectivity index (χ3n) is 3.73. The molecule has 0 spiro atoms. The van der Waals surface area contributed by atoms with E-state index in [9.17, 15) is 4.79 Å². The summed E-state index contributed by atoms with van der Waals surface area (Å²) < 4.78 is 0. The Labute approximate surface area is 134 Å². The minimum Gasteiger partial charge on any atom is -0.383 e. The van der Waals surface area contributed by atoms with Crippen LogP contribution in [0.3, 0.4) is 0 Å². The fourth-order valence-electron chi connectivity index (χ4n) is 2.68. The number of para-hydroxylation sites is 1. The van der Waals surface area contributed by atoms with Gasteiger partial charge in [0.05, 0.1) is 6.21 Å². The van der Waals surface area contributed by atoms with Gasteiger partial charge in [0.1, 0.15) is 0 Å². The highest BCUT2D eigenvalue weighted by molar-refractivity contribution is 7.11. The maximum atomic E-state index is 12.6. The van der Waals surface area contributed by atoms with Crippen molar-refractivity contribution in [3.63, 3.8) is 0 Å². The van der Waals surface area contributed by atoms with E-state index in [1.54, 1.807) is 24.5 Å². The standard InChI is InChI=1S/C17H18N2O2S/c1-12-10-14-6-3-4-8-16(14)19(12)17(20)13(2)21-18-11-15-7-5-9-22-15/h3-9,11-13H,10H2,1-2H3. The Bertz CT molecular complexity index is 682. The maximum absolute atomic E-state index is 12.6. The number of benzene rings is 1. The van der Waals surface area contributed by atoms with E-state index in [0.29, 0.717) is 0 Å². The van der Waals surface area contributed by atoms with E-state index in [0.717, 1.165) is 17.0 Å². The van der Waals surface area contributed by atoms with Gasteiger partial charge in [-0.2, -0.15) is 0 Å². The number of rotatable bonds is 4. The Morgan fingerprint density at radius 3 is 3.00 bits per heavy atom. The summed E-state index contributed by atoms with van der Waals surface area (Å²) in [5.74, 6) is -0.0548. The first-order valence-electron chi connectivity index (χ1n) is 7.30. The third-order valence-corrected chi connectivity index (χ3v) is 4.54. The van der Waals surface area contributed by atoms with Crippen LogP contribution in [-0.2, 0) is 16.1 Å². The minimum absolute atomic E-state index is 0.0548. The molecule has 0 bridgehead atoms. The molecule has 0 aliphatic carbocycles. The second kappa shape index (κ2) is 6.32. The predicted molar refractivity (Wildman–Crippen MR) is 89.6 cm³/mol. The molecule has 4 nitrogen and oxygen atoms in total. The van der Waals surface area contributed by atoms with Crippen molar-refractivity contribution in [2.24, 2.45) is 5.16 Å². The highest BCUT2D eigenvalue weighted by atomic mass is 32.1. The summed E-state index contributed by atoms with van der Waals surface area (Å²) in [5.41, 5.74) is 2.19. The minimum atomic E-state index is -0.607. The number of thiophene rings is 1. The van der Waals surface area contributed by atoms with Gasteiger partial charge in [0.25, 0.3) is 5.91 Å². The Kier molecular flexibility index (Phi) is 4.24. The molecule has 0 fully saturated rings. The molecule has 2 unspecified atom stereocenters. The Morgan fingerprint density at radius 2 is 2.23 bits per heavy atom. The molecule has 3 rings (SSSR count). The van der Waals surface area contributed by atoms with Crippen LogP contribution < -0.4 is 4.90 Å². The second-order valence-electron chi connectivity index (χ2n) is 5.39. The highest BCUT2D eigenvalue weighted by Crippen LogP contribution is 2.32. The molecule has 1 aliphatic rings. The summed E-state index contributed by atoms with van der Waals surface area (Å²) in [6.07, 6.45) is 1.91. The van der Waals surface area contributed by atoms with Gasteiger partial charge in [-0.15, -0.1) is 11.3 Å². The van der Waals surface area contributed by atoms with Crippen LogP contribution in [0.1, 0.15) is 24.3 Å². The van der Waals surface area contributed by atoms with Gasteiger partial charge in [0, 0.05) is 16.6 Å². The van der Waals surface area contributed by atoms with Gasteiger partial charge < -0.3 is 9.74 Å². The van der Waals surface area contributed by atoms with Crippen LogP contribution >= 0.6 is 11.3 Å². The number of fused-ring (bicyclic) bond motifs is 1. The van der Waals surface area contributed by atoms with Crippen molar-refractivity contribution in [2.75, 3.05) is 4.90 Å². The van der Waals surface area contributed by atoms with Crippen LogP contribution in [0, 0.1) is 0 Å². The Morgan fingerprint density at radius 1 is 1.41 bits per heavy atom. The number of carbonyl (C=O) groups is 1. The zero-order chi connectivity index (χ0) is 15.5. The molecule has 2 aromatic rings. The molecule has 1 aromatic carbocycles. The molecule has 1 aliphatic heterocycles. The predicted octanol–water partition coefficient (Wildman–Crippen LogP) is 3.46. The van der Waals surface area contributed by atoms with Crippen LogP contribution in [0.5, 0.6) is 0 Å². The van der Waals surface area contributed by atoms with Crippen LogP contribution in [0.2, 0.25) is 0 Å². The van der Waals surface area contributed by atoms with Crippen LogP contribution in [0.4, 0.5) is 5.69 Å². The van der Waals surface area contributed by atoms with Gasteiger partial charge in [-0.25, -0.2) is 0 Å². The van der Waals surface area contributed by atoms with Gasteiger partial charge in [0.2, 0.25) is 6.10 Å². The van der Waals surface area contributed by atoms with Gasteiger partial charge in [-0.05, 0) is 43.3 Å². The second-order valence-corrected chi connectivity index (χ2v) is 6.37. The molecular weight excluding hydrogens is 296 g/mol. The number of hydrogen-bond donors (Lipinski definition) is 0. The van der Waals surface area contributed by atoms with Crippen LogP contribution in [0.25, 0.3) is 0 Å². The highest BCUT2D eigenvalue weighted by Gasteiger charge is 2.33. The van der Waals surface area contributed by atoms with Crippen LogP contribution in [-0.4, -0.2) is 24.3 Å². The molecular formula is C17H18N2O2S. The molecule has 0 radical (unpaired) electrons. The van der Waals surface area contributed by atoms with Crippen molar-refractivity contribution in [1.82, 2.24) is 0 Å². The lowest BCUT2D eigenvalue weighted by atomic mass is 10.1. The zero-order valence-electron chi connectivity index (χ0n) is 12.6. The van der Waals surface area contributed by atoms with Gasteiger partial charge in [-0.1, -0.05) is 29.4 Å². The first kappa shape index (κ1) is 14.8. The van der Waals surface area contributed by atoms with E-state index in [1.807, 2.05) is 40.6 Å². The van der Waals surface area contributed by atoms with E-state index in [1.165, 1.54) is 5.56 Å². The molecule has 0 N–H and O–H groups in total. The summed E-state index contributed by atoms with van der Waals surface area (Å²) in [6, 6.07) is 12.1. The quantitative estimate of drug-likeness (QED) is 0.640. The topological polar surface area (TPSA) is 41.9 Å². The van der Waals surface area contributed by atoms with Crippen molar-refractivity contribution in [3.8, 4) is 0 Å². The van der Waals surface area contributed by atoms with Crippen molar-refractivity contribution < 1.29 is 9.63 Å². The van der Waals surface area contributed by atoms with E-state index in [-0.39, 0.29) is 11.9 Å². The first-order chi connectivity index (χ1) is 10.7. The van der Waals surface area contributed by atoms with Crippen molar-refractivity contribution in [3.05, 3.63) is 52.2 Å². The average Bonchev–Trinajstić information content (AvgIpc) is 3.13. The molecule has 2 atom stereocenters. The number of anilines is 1. The number of oxime groups is 1. The van der Waals surface area contributed by atoms with E-state index in [2.05, 4.69) is 18.1 Å². The maximum Gasteiger partial charge on any atom is 0.270 e. The van der Waals surface area contributed by atoms with Crippen LogP contribution in [0.15, 0.2) is 46.9 Å². The number of amides is 1. The Hall–Kier alpha value is -2.14. The largest absolute Gasteiger partial charge is 0.383 e. The molecule has 1 aromatic heterocycles. The zero-order valence-corrected chi connectivity index (χ0v) is 13.4. The lowest BCUT2D eigenvalue weighted by molar-refractivity contribution is -0.129. The summed E-state index contributed by atoms with van der Waals surface area (Å²) in [6.45, 7) is 3.79. The van der Waals surface area contributed by atoms with E-state index in [4.69, 9.17) is 4.84 Å². The van der Waals surface area contributed by atoms with Crippen molar-refractivity contribution in [1.29, 1.82) is 0 Å². The molecule has 22 heavy (non-hydrogen) atoms. The lowest BCUT2D eigenvalue weighted by Gasteiger charge is -2.24. The number of nitrogens with zero attached hydrogens (tertiary/aromatic N) is 2. The van der Waals surface area contributed by atoms with Crippen molar-refractivity contribution >= 4 is 29.1 Å². The average molecular weight is 314 g/mol. The van der Waals surface area contributed by atoms with Gasteiger partial charge >= 0.3 is 0 Å². The molecule has 114 valence electrons. The first-order valence-corrected chi connectivity index (χ1v) is 8.18. The lowest BCUT2D eigenvalue weighted by Crippen LogP contribution is -2.42. The third kappa shape index (κ3) is 2.90. The monoisotopic (exact) mass is 314 g/mol. The van der Waals surface area contributed by atoms with Crippen molar-refractivity contribution in [2.45, 2.75) is 32.4 Å². The summed E-state index contributed by atoms with van der Waals surface area (Å²) in [4.78, 5) is 20.8. The van der Waals surface area contributed by atoms with E-state index >= 15 is 0 Å². The summed E-state index contributed by atoms with van der Waals surface area (Å²) in [7, 11) is 0. The molecule has 2 heterocycles. The molecule has 0 saturated heterocycles. The van der Waals surface area contributed by atoms with Gasteiger partial charge in [-0.3, -0.25) is 4.79 Å². The smallest absolute Gasteiger partial charge is 0.270 e. The summed E-state index contributed by atoms with van der Waals surface area (Å²) in [5, 5.41) is 5.90. The van der Waals surface area contributed by atoms with E-state index < -0.39 is 6.10 Å². The molecule has 1 amide bonds. The fraction of sp³-hybridized carbons (Fsp3) is 0.294. The number of hydrogen-bond acceptors (Lipinski definition) is 4. The molecule has 5 heteroatoms. The number of carbonyl (C=O) groups excluding carboxylic acids is 1. The fourth-order valence-corrected chi connectivity index (χ4v) is 3.26. The summed E-state index contributed by atoms with van der Waals surface area (Å²) >= 11 is 1.57. The Balaban J connectivity index is 1.68. The SMILES string of the molecule is CC(ON=Cc1cccs1)C(=O)N1c2ccccc2CC1C. The molecule has 0 saturated carbocycles.